The Kier molecular flexibility index (Phi) is 2.94. The molecule has 3 nitrogen and oxygen atoms in total. The lowest BCUT2D eigenvalue weighted by Crippen LogP contribution is -2.42. The number of hydrogen-bond donors (Lipinski definition) is 1. The zero-order chi connectivity index (χ0) is 9.97. The van der Waals surface area contributed by atoms with Crippen molar-refractivity contribution in [3.05, 3.63) is 0 Å². The summed E-state index contributed by atoms with van der Waals surface area (Å²) in [6.45, 7) is 5.55. The number of hydrogen-bond acceptors (Lipinski definition) is 3. The third kappa shape index (κ3) is 2.20. The van der Waals surface area contributed by atoms with Gasteiger partial charge in [0, 0.05) is 26.7 Å². The summed E-state index contributed by atoms with van der Waals surface area (Å²) in [6, 6.07) is 0. The van der Waals surface area contributed by atoms with Gasteiger partial charge in [-0.1, -0.05) is 13.3 Å². The fraction of sp³-hybridized carbons (Fsp3) is 0.909. The third-order valence-electron chi connectivity index (χ3n) is 3.39. The highest BCUT2D eigenvalue weighted by Crippen LogP contribution is 2.40. The van der Waals surface area contributed by atoms with Crippen LogP contribution < -0.4 is 5.32 Å². The molecule has 14 heavy (non-hydrogen) atoms. The van der Waals surface area contributed by atoms with Crippen LogP contribution in [0.1, 0.15) is 26.2 Å². The maximum Gasteiger partial charge on any atom is 0.193 e. The molecule has 1 aliphatic carbocycles. The Labute approximate surface area is 86.6 Å². The first-order chi connectivity index (χ1) is 6.81. The first-order valence-corrected chi connectivity index (χ1v) is 5.80. The molecular weight excluding hydrogens is 174 g/mol. The molecule has 0 bridgehead atoms. The van der Waals surface area contributed by atoms with Crippen LogP contribution in [0.25, 0.3) is 0 Å². The molecule has 3 heteroatoms. The Bertz CT molecular complexity index is 225. The van der Waals surface area contributed by atoms with E-state index >= 15 is 0 Å². The van der Waals surface area contributed by atoms with Crippen LogP contribution in [0.2, 0.25) is 0 Å². The average molecular weight is 195 g/mol. The summed E-state index contributed by atoms with van der Waals surface area (Å²) < 4.78 is 0. The summed E-state index contributed by atoms with van der Waals surface area (Å²) in [4.78, 5) is 6.72. The van der Waals surface area contributed by atoms with E-state index in [1.165, 1.54) is 19.3 Å². The summed E-state index contributed by atoms with van der Waals surface area (Å²) in [7, 11) is 2.12. The minimum Gasteiger partial charge on any atom is -0.356 e. The second-order valence-corrected chi connectivity index (χ2v) is 4.53. The van der Waals surface area contributed by atoms with Crippen LogP contribution in [0.5, 0.6) is 0 Å². The minimum absolute atomic E-state index is 0.915. The number of nitrogens with zero attached hydrogens (tertiary/aromatic N) is 2. The second kappa shape index (κ2) is 4.20. The van der Waals surface area contributed by atoms with Crippen molar-refractivity contribution in [3.8, 4) is 0 Å². The normalized spacial score (nSPS) is 31.3. The van der Waals surface area contributed by atoms with Gasteiger partial charge in [-0.05, 0) is 24.7 Å². The maximum atomic E-state index is 4.49. The van der Waals surface area contributed by atoms with Crippen molar-refractivity contribution in [2.45, 2.75) is 26.2 Å². The van der Waals surface area contributed by atoms with Crippen molar-refractivity contribution in [1.29, 1.82) is 0 Å². The molecule has 0 aromatic carbocycles. The molecule has 2 aliphatic rings. The molecular formula is C11H21N3. The zero-order valence-corrected chi connectivity index (χ0v) is 9.29. The van der Waals surface area contributed by atoms with E-state index in [-0.39, 0.29) is 0 Å². The van der Waals surface area contributed by atoms with E-state index in [0.29, 0.717) is 0 Å². The van der Waals surface area contributed by atoms with Gasteiger partial charge in [0.05, 0.1) is 0 Å². The van der Waals surface area contributed by atoms with Gasteiger partial charge in [0.1, 0.15) is 0 Å². The van der Waals surface area contributed by atoms with Crippen molar-refractivity contribution in [1.82, 2.24) is 10.2 Å². The Morgan fingerprint density at radius 3 is 3.00 bits per heavy atom. The molecule has 2 rings (SSSR count). The van der Waals surface area contributed by atoms with E-state index in [0.717, 1.165) is 37.4 Å². The van der Waals surface area contributed by atoms with E-state index in [1.54, 1.807) is 0 Å². The predicted molar refractivity (Wildman–Crippen MR) is 59.4 cm³/mol. The van der Waals surface area contributed by atoms with E-state index in [1.807, 2.05) is 0 Å². The Hall–Kier alpha value is -0.730. The van der Waals surface area contributed by atoms with E-state index in [2.05, 4.69) is 29.2 Å². The van der Waals surface area contributed by atoms with Gasteiger partial charge >= 0.3 is 0 Å². The van der Waals surface area contributed by atoms with Crippen LogP contribution in [-0.4, -0.2) is 37.5 Å². The van der Waals surface area contributed by atoms with E-state index < -0.39 is 0 Å². The van der Waals surface area contributed by atoms with Gasteiger partial charge in [-0.15, -0.1) is 0 Å². The number of rotatable bonds is 3. The maximum absolute atomic E-state index is 4.49. The molecule has 0 aromatic rings. The minimum atomic E-state index is 0.915. The van der Waals surface area contributed by atoms with Crippen LogP contribution in [0, 0.1) is 11.8 Å². The fourth-order valence-electron chi connectivity index (χ4n) is 2.19. The molecule has 1 saturated carbocycles. The molecule has 0 radical (unpaired) electrons. The first kappa shape index (κ1) is 9.81. The highest BCUT2D eigenvalue weighted by molar-refractivity contribution is 5.80. The van der Waals surface area contributed by atoms with Crippen molar-refractivity contribution < 1.29 is 0 Å². The molecule has 0 aromatic heterocycles. The molecule has 1 aliphatic heterocycles. The number of aliphatic imine (C=N–C) groups is 1. The number of guanidine groups is 1. The van der Waals surface area contributed by atoms with Gasteiger partial charge in [-0.3, -0.25) is 4.99 Å². The van der Waals surface area contributed by atoms with Crippen molar-refractivity contribution in [2.75, 3.05) is 26.7 Å². The monoisotopic (exact) mass is 195 g/mol. The molecule has 0 saturated heterocycles. The van der Waals surface area contributed by atoms with Crippen LogP contribution in [0.3, 0.4) is 0 Å². The third-order valence-corrected chi connectivity index (χ3v) is 3.39. The summed E-state index contributed by atoms with van der Waals surface area (Å²) in [5.41, 5.74) is 0. The second-order valence-electron chi connectivity index (χ2n) is 4.53. The van der Waals surface area contributed by atoms with E-state index in [9.17, 15) is 0 Å². The highest BCUT2D eigenvalue weighted by Gasteiger charge is 2.35. The summed E-state index contributed by atoms with van der Waals surface area (Å²) in [6.07, 6.45) is 3.96. The molecule has 1 N–H and O–H groups in total. The lowest BCUT2D eigenvalue weighted by atomic mass is 10.2. The summed E-state index contributed by atoms with van der Waals surface area (Å²) in [5, 5.41) is 3.47. The standard InChI is InChI=1S/C11H21N3/c1-3-9-7-10(9)8-13-11-12-5-4-6-14(11)2/h9-10H,3-8H2,1-2H3,(H,12,13). The Morgan fingerprint density at radius 1 is 1.50 bits per heavy atom. The molecule has 2 unspecified atom stereocenters. The molecule has 0 amide bonds. The molecule has 80 valence electrons. The lowest BCUT2D eigenvalue weighted by Gasteiger charge is -2.25. The van der Waals surface area contributed by atoms with Crippen molar-refractivity contribution in [2.24, 2.45) is 16.8 Å². The SMILES string of the molecule is CCC1CC1CNC1=NCCCN1C. The Balaban J connectivity index is 1.72. The molecule has 2 atom stereocenters. The van der Waals surface area contributed by atoms with Gasteiger partial charge in [0.15, 0.2) is 5.96 Å². The highest BCUT2D eigenvalue weighted by atomic mass is 15.3. The van der Waals surface area contributed by atoms with Crippen LogP contribution in [-0.2, 0) is 0 Å². The van der Waals surface area contributed by atoms with Crippen LogP contribution in [0.4, 0.5) is 0 Å². The number of nitrogens with one attached hydrogen (secondary N) is 1. The first-order valence-electron chi connectivity index (χ1n) is 5.80. The predicted octanol–water partition coefficient (Wildman–Crippen LogP) is 1.31. The molecule has 0 spiro atoms. The smallest absolute Gasteiger partial charge is 0.193 e. The van der Waals surface area contributed by atoms with Crippen molar-refractivity contribution >= 4 is 5.96 Å². The largest absolute Gasteiger partial charge is 0.356 e. The zero-order valence-electron chi connectivity index (χ0n) is 9.29. The van der Waals surface area contributed by atoms with Gasteiger partial charge < -0.3 is 10.2 Å². The van der Waals surface area contributed by atoms with Crippen LogP contribution in [0.15, 0.2) is 4.99 Å². The summed E-state index contributed by atoms with van der Waals surface area (Å²) >= 11 is 0. The van der Waals surface area contributed by atoms with Crippen molar-refractivity contribution in [3.63, 3.8) is 0 Å². The average Bonchev–Trinajstić information content (AvgIpc) is 2.95. The topological polar surface area (TPSA) is 27.6 Å². The Morgan fingerprint density at radius 2 is 2.36 bits per heavy atom. The fourth-order valence-corrected chi connectivity index (χ4v) is 2.19. The quantitative estimate of drug-likeness (QED) is 0.735. The van der Waals surface area contributed by atoms with E-state index in [4.69, 9.17) is 0 Å². The van der Waals surface area contributed by atoms with Gasteiger partial charge in [-0.25, -0.2) is 0 Å². The molecule has 1 heterocycles. The van der Waals surface area contributed by atoms with Crippen LogP contribution >= 0.6 is 0 Å². The van der Waals surface area contributed by atoms with Gasteiger partial charge in [0.2, 0.25) is 0 Å². The molecule has 1 fully saturated rings. The summed E-state index contributed by atoms with van der Waals surface area (Å²) in [5.74, 6) is 3.01. The lowest BCUT2D eigenvalue weighted by molar-refractivity contribution is 0.443. The van der Waals surface area contributed by atoms with Gasteiger partial charge in [-0.2, -0.15) is 0 Å². The van der Waals surface area contributed by atoms with Gasteiger partial charge in [0.25, 0.3) is 0 Å².